The third-order valence-corrected chi connectivity index (χ3v) is 5.94. The van der Waals surface area contributed by atoms with E-state index in [1.54, 1.807) is 6.20 Å². The number of hydrogen-bond donors (Lipinski definition) is 0. The van der Waals surface area contributed by atoms with Crippen molar-refractivity contribution in [1.82, 2.24) is 14.9 Å². The van der Waals surface area contributed by atoms with Crippen molar-refractivity contribution in [2.24, 2.45) is 0 Å². The molecule has 0 aliphatic rings. The van der Waals surface area contributed by atoms with Crippen LogP contribution in [0.15, 0.2) is 85.1 Å². The Morgan fingerprint density at radius 3 is 2.38 bits per heavy atom. The number of pyridine rings is 2. The van der Waals surface area contributed by atoms with Crippen LogP contribution < -0.4 is 0 Å². The Morgan fingerprint density at radius 2 is 1.66 bits per heavy atom. The van der Waals surface area contributed by atoms with Gasteiger partial charge < -0.3 is 4.90 Å². The maximum atomic E-state index is 13.9. The van der Waals surface area contributed by atoms with Gasteiger partial charge in [0.15, 0.2) is 5.65 Å². The largest absolute Gasteiger partial charge is 0.335 e. The minimum absolute atomic E-state index is 0.00654. The fraction of sp³-hybridized carbons (Fsp3) is 0.250. The molecule has 162 valence electrons. The minimum Gasteiger partial charge on any atom is -0.335 e. The zero-order valence-corrected chi connectivity index (χ0v) is 18.7. The molecule has 2 heterocycles. The summed E-state index contributed by atoms with van der Waals surface area (Å²) in [5.74, 6) is -0.00654. The molecule has 0 aliphatic carbocycles. The first-order valence-electron chi connectivity index (χ1n) is 11.3. The Bertz CT molecular complexity index is 1180. The Balaban J connectivity index is 1.75. The summed E-state index contributed by atoms with van der Waals surface area (Å²) in [7, 11) is 1.91. The molecule has 1 amide bonds. The molecule has 4 heteroatoms. The van der Waals surface area contributed by atoms with Gasteiger partial charge in [0.2, 0.25) is 0 Å². The van der Waals surface area contributed by atoms with Crippen LogP contribution in [0.5, 0.6) is 0 Å². The molecular weight excluding hydrogens is 394 g/mol. The van der Waals surface area contributed by atoms with Gasteiger partial charge in [-0.2, -0.15) is 0 Å². The highest BCUT2D eigenvalue weighted by molar-refractivity contribution is 6.06. The van der Waals surface area contributed by atoms with E-state index in [4.69, 9.17) is 4.98 Å². The van der Waals surface area contributed by atoms with Crippen molar-refractivity contribution in [3.63, 3.8) is 0 Å². The fourth-order valence-electron chi connectivity index (χ4n) is 4.17. The SMILES string of the molecule is CCCCCC(c1ccccc1)N(C)C(=O)c1cc(-c2ccccc2)nc2ncccc12. The van der Waals surface area contributed by atoms with Crippen molar-refractivity contribution in [2.45, 2.75) is 38.6 Å². The van der Waals surface area contributed by atoms with Crippen LogP contribution in [0, 0.1) is 0 Å². The Hall–Kier alpha value is -3.53. The molecule has 4 rings (SSSR count). The Kier molecular flexibility index (Phi) is 6.90. The molecule has 2 aromatic heterocycles. The topological polar surface area (TPSA) is 46.1 Å². The lowest BCUT2D eigenvalue weighted by molar-refractivity contribution is 0.0722. The summed E-state index contributed by atoms with van der Waals surface area (Å²) in [4.78, 5) is 24.9. The molecule has 0 fully saturated rings. The van der Waals surface area contributed by atoms with E-state index in [0.717, 1.165) is 42.3 Å². The molecule has 0 spiro atoms. The van der Waals surface area contributed by atoms with E-state index >= 15 is 0 Å². The number of amides is 1. The van der Waals surface area contributed by atoms with Crippen LogP contribution in [-0.2, 0) is 0 Å². The van der Waals surface area contributed by atoms with E-state index in [1.165, 1.54) is 5.56 Å². The lowest BCUT2D eigenvalue weighted by atomic mass is 9.97. The predicted molar refractivity (Wildman–Crippen MR) is 130 cm³/mol. The van der Waals surface area contributed by atoms with Crippen LogP contribution in [0.1, 0.15) is 54.6 Å². The van der Waals surface area contributed by atoms with Crippen molar-refractivity contribution in [3.8, 4) is 11.3 Å². The van der Waals surface area contributed by atoms with Crippen molar-refractivity contribution >= 4 is 16.9 Å². The van der Waals surface area contributed by atoms with Crippen molar-refractivity contribution in [3.05, 3.63) is 96.2 Å². The summed E-state index contributed by atoms with van der Waals surface area (Å²) in [6.45, 7) is 2.20. The molecule has 4 aromatic rings. The second kappa shape index (κ2) is 10.2. The van der Waals surface area contributed by atoms with Gasteiger partial charge in [-0.1, -0.05) is 86.8 Å². The zero-order chi connectivity index (χ0) is 22.3. The van der Waals surface area contributed by atoms with Crippen LogP contribution in [0.25, 0.3) is 22.3 Å². The lowest BCUT2D eigenvalue weighted by Crippen LogP contribution is -2.31. The van der Waals surface area contributed by atoms with Crippen LogP contribution in [0.4, 0.5) is 0 Å². The number of aromatic nitrogens is 2. The quantitative estimate of drug-likeness (QED) is 0.297. The first-order valence-corrected chi connectivity index (χ1v) is 11.3. The van der Waals surface area contributed by atoms with E-state index < -0.39 is 0 Å². The normalized spacial score (nSPS) is 11.9. The molecular formula is C28H29N3O. The summed E-state index contributed by atoms with van der Waals surface area (Å²) >= 11 is 0. The van der Waals surface area contributed by atoms with Gasteiger partial charge in [-0.25, -0.2) is 9.97 Å². The molecule has 1 unspecified atom stereocenters. The van der Waals surface area contributed by atoms with Crippen LogP contribution >= 0.6 is 0 Å². The minimum atomic E-state index is -0.00654. The number of fused-ring (bicyclic) bond motifs is 1. The van der Waals surface area contributed by atoms with Crippen LogP contribution in [0.2, 0.25) is 0 Å². The molecule has 0 bridgehead atoms. The molecule has 4 nitrogen and oxygen atoms in total. The van der Waals surface area contributed by atoms with Crippen LogP contribution in [0.3, 0.4) is 0 Å². The average Bonchev–Trinajstić information content (AvgIpc) is 2.86. The summed E-state index contributed by atoms with van der Waals surface area (Å²) in [6.07, 6.45) is 6.06. The van der Waals surface area contributed by atoms with E-state index in [-0.39, 0.29) is 11.9 Å². The van der Waals surface area contributed by atoms with Crippen molar-refractivity contribution in [2.75, 3.05) is 7.05 Å². The first-order chi connectivity index (χ1) is 15.7. The Labute approximate surface area is 190 Å². The van der Waals surface area contributed by atoms with E-state index in [1.807, 2.05) is 78.7 Å². The number of nitrogens with zero attached hydrogens (tertiary/aromatic N) is 3. The number of carbonyl (C=O) groups excluding carboxylic acids is 1. The number of carbonyl (C=O) groups is 1. The lowest BCUT2D eigenvalue weighted by Gasteiger charge is -2.29. The molecule has 0 aliphatic heterocycles. The van der Waals surface area contributed by atoms with E-state index in [2.05, 4.69) is 24.0 Å². The molecule has 32 heavy (non-hydrogen) atoms. The fourth-order valence-corrected chi connectivity index (χ4v) is 4.17. The van der Waals surface area contributed by atoms with Gasteiger partial charge in [-0.15, -0.1) is 0 Å². The van der Waals surface area contributed by atoms with E-state index in [0.29, 0.717) is 11.2 Å². The highest BCUT2D eigenvalue weighted by Gasteiger charge is 2.25. The molecule has 0 saturated heterocycles. The van der Waals surface area contributed by atoms with Gasteiger partial charge in [-0.3, -0.25) is 4.79 Å². The predicted octanol–water partition coefficient (Wildman–Crippen LogP) is 6.69. The number of benzene rings is 2. The Morgan fingerprint density at radius 1 is 0.938 bits per heavy atom. The second-order valence-corrected chi connectivity index (χ2v) is 8.13. The molecule has 2 aromatic carbocycles. The summed E-state index contributed by atoms with van der Waals surface area (Å²) in [5.41, 5.74) is 4.13. The first kappa shape index (κ1) is 21.7. The highest BCUT2D eigenvalue weighted by atomic mass is 16.2. The summed E-state index contributed by atoms with van der Waals surface area (Å²) in [6, 6.07) is 26.0. The second-order valence-electron chi connectivity index (χ2n) is 8.13. The van der Waals surface area contributed by atoms with Gasteiger partial charge in [0.25, 0.3) is 5.91 Å². The summed E-state index contributed by atoms with van der Waals surface area (Å²) in [5, 5.41) is 0.782. The van der Waals surface area contributed by atoms with Gasteiger partial charge in [0, 0.05) is 24.2 Å². The summed E-state index contributed by atoms with van der Waals surface area (Å²) < 4.78 is 0. The van der Waals surface area contributed by atoms with Gasteiger partial charge in [0.05, 0.1) is 17.3 Å². The number of rotatable bonds is 8. The van der Waals surface area contributed by atoms with E-state index in [9.17, 15) is 4.79 Å². The standard InChI is InChI=1S/C28H29N3O/c1-3-4-7-18-26(22-15-10-6-11-16-22)31(2)28(32)24-20-25(21-13-8-5-9-14-21)30-27-23(24)17-12-19-29-27/h5-6,8-17,19-20,26H,3-4,7,18H2,1-2H3. The van der Waals surface area contributed by atoms with Gasteiger partial charge in [0.1, 0.15) is 0 Å². The average molecular weight is 424 g/mol. The monoisotopic (exact) mass is 423 g/mol. The highest BCUT2D eigenvalue weighted by Crippen LogP contribution is 2.30. The van der Waals surface area contributed by atoms with Gasteiger partial charge in [-0.05, 0) is 30.2 Å². The number of unbranched alkanes of at least 4 members (excludes halogenated alkanes) is 2. The molecule has 1 atom stereocenters. The maximum Gasteiger partial charge on any atom is 0.254 e. The third-order valence-electron chi connectivity index (χ3n) is 5.94. The van der Waals surface area contributed by atoms with Crippen LogP contribution in [-0.4, -0.2) is 27.8 Å². The third kappa shape index (κ3) is 4.70. The van der Waals surface area contributed by atoms with Gasteiger partial charge >= 0.3 is 0 Å². The number of hydrogen-bond acceptors (Lipinski definition) is 3. The molecule has 0 radical (unpaired) electrons. The molecule has 0 saturated carbocycles. The smallest absolute Gasteiger partial charge is 0.254 e. The molecule has 0 N–H and O–H groups in total. The van der Waals surface area contributed by atoms with Crippen molar-refractivity contribution < 1.29 is 4.79 Å². The zero-order valence-electron chi connectivity index (χ0n) is 18.7. The van der Waals surface area contributed by atoms with Crippen molar-refractivity contribution in [1.29, 1.82) is 0 Å². The maximum absolute atomic E-state index is 13.9.